The molecule has 1 fully saturated rings. The van der Waals surface area contributed by atoms with Crippen molar-refractivity contribution in [2.45, 2.75) is 19.4 Å². The fraction of sp³-hybridized carbons (Fsp3) is 0.562. The van der Waals surface area contributed by atoms with Crippen LogP contribution >= 0.6 is 0 Å². The van der Waals surface area contributed by atoms with Crippen molar-refractivity contribution in [3.8, 4) is 5.75 Å². The predicted molar refractivity (Wildman–Crippen MR) is 81.6 cm³/mol. The first kappa shape index (κ1) is 15.8. The molecule has 1 aromatic carbocycles. The SMILES string of the molecule is COc1ccc(CCNC(=O)[C@H](C)N2CCOCC2)cc1. The molecule has 5 nitrogen and oxygen atoms in total. The fourth-order valence-electron chi connectivity index (χ4n) is 2.40. The molecule has 1 atom stereocenters. The van der Waals surface area contributed by atoms with Gasteiger partial charge in [-0.25, -0.2) is 0 Å². The second-order valence-corrected chi connectivity index (χ2v) is 5.21. The molecule has 1 aromatic rings. The van der Waals surface area contributed by atoms with Crippen molar-refractivity contribution in [2.24, 2.45) is 0 Å². The number of methoxy groups -OCH3 is 1. The van der Waals surface area contributed by atoms with E-state index in [1.54, 1.807) is 7.11 Å². The zero-order valence-corrected chi connectivity index (χ0v) is 12.8. The van der Waals surface area contributed by atoms with Crippen molar-refractivity contribution >= 4 is 5.91 Å². The molecule has 21 heavy (non-hydrogen) atoms. The van der Waals surface area contributed by atoms with E-state index in [4.69, 9.17) is 9.47 Å². The second kappa shape index (κ2) is 8.00. The molecule has 0 unspecified atom stereocenters. The molecule has 0 saturated carbocycles. The third-order valence-electron chi connectivity index (χ3n) is 3.84. The van der Waals surface area contributed by atoms with E-state index in [0.29, 0.717) is 19.8 Å². The lowest BCUT2D eigenvalue weighted by Gasteiger charge is -2.31. The van der Waals surface area contributed by atoms with Crippen LogP contribution in [0.4, 0.5) is 0 Å². The highest BCUT2D eigenvalue weighted by molar-refractivity contribution is 5.81. The number of carbonyl (C=O) groups excluding carboxylic acids is 1. The fourth-order valence-corrected chi connectivity index (χ4v) is 2.40. The molecule has 5 heteroatoms. The van der Waals surface area contributed by atoms with Crippen LogP contribution in [0.5, 0.6) is 5.75 Å². The molecule has 116 valence electrons. The number of hydrogen-bond acceptors (Lipinski definition) is 4. The lowest BCUT2D eigenvalue weighted by molar-refractivity contribution is -0.127. The van der Waals surface area contributed by atoms with Gasteiger partial charge in [0.2, 0.25) is 5.91 Å². The lowest BCUT2D eigenvalue weighted by atomic mass is 10.1. The van der Waals surface area contributed by atoms with Crippen molar-refractivity contribution in [2.75, 3.05) is 40.0 Å². The molecule has 1 N–H and O–H groups in total. The van der Waals surface area contributed by atoms with E-state index in [1.165, 1.54) is 5.56 Å². The van der Waals surface area contributed by atoms with E-state index in [2.05, 4.69) is 10.2 Å². The van der Waals surface area contributed by atoms with Crippen molar-refractivity contribution in [1.82, 2.24) is 10.2 Å². The van der Waals surface area contributed by atoms with Gasteiger partial charge in [-0.1, -0.05) is 12.1 Å². The first-order valence-corrected chi connectivity index (χ1v) is 7.43. The van der Waals surface area contributed by atoms with Gasteiger partial charge in [0.1, 0.15) is 5.75 Å². The molecule has 0 radical (unpaired) electrons. The number of nitrogens with zero attached hydrogens (tertiary/aromatic N) is 1. The van der Waals surface area contributed by atoms with Crippen molar-refractivity contribution < 1.29 is 14.3 Å². The summed E-state index contributed by atoms with van der Waals surface area (Å²) >= 11 is 0. The van der Waals surface area contributed by atoms with E-state index in [0.717, 1.165) is 25.3 Å². The van der Waals surface area contributed by atoms with Crippen LogP contribution < -0.4 is 10.1 Å². The minimum atomic E-state index is -0.0928. The van der Waals surface area contributed by atoms with E-state index in [1.807, 2.05) is 31.2 Å². The standard InChI is InChI=1S/C16H24N2O3/c1-13(18-9-11-21-12-10-18)16(19)17-8-7-14-3-5-15(20-2)6-4-14/h3-6,13H,7-12H2,1-2H3,(H,17,19)/t13-/m0/s1. The minimum Gasteiger partial charge on any atom is -0.497 e. The molecule has 1 aliphatic heterocycles. The van der Waals surface area contributed by atoms with Gasteiger partial charge >= 0.3 is 0 Å². The number of ether oxygens (including phenoxy) is 2. The summed E-state index contributed by atoms with van der Waals surface area (Å²) in [6.07, 6.45) is 0.825. The Labute approximate surface area is 126 Å². The molecule has 1 amide bonds. The summed E-state index contributed by atoms with van der Waals surface area (Å²) in [5, 5.41) is 3.00. The van der Waals surface area contributed by atoms with Gasteiger partial charge in [-0.15, -0.1) is 0 Å². The molecule has 1 heterocycles. The molecule has 0 aliphatic carbocycles. The van der Waals surface area contributed by atoms with E-state index < -0.39 is 0 Å². The average molecular weight is 292 g/mol. The van der Waals surface area contributed by atoms with E-state index >= 15 is 0 Å². The van der Waals surface area contributed by atoms with Gasteiger partial charge in [0.05, 0.1) is 26.4 Å². The number of rotatable bonds is 6. The highest BCUT2D eigenvalue weighted by atomic mass is 16.5. The zero-order valence-electron chi connectivity index (χ0n) is 12.8. The summed E-state index contributed by atoms with van der Waals surface area (Å²) in [5.74, 6) is 0.939. The normalized spacial score (nSPS) is 17.2. The van der Waals surface area contributed by atoms with Gasteiger partial charge < -0.3 is 14.8 Å². The Morgan fingerprint density at radius 1 is 1.33 bits per heavy atom. The summed E-state index contributed by atoms with van der Waals surface area (Å²) in [6.45, 7) is 5.68. The number of morpholine rings is 1. The van der Waals surface area contributed by atoms with E-state index in [-0.39, 0.29) is 11.9 Å². The van der Waals surface area contributed by atoms with Crippen LogP contribution in [0.25, 0.3) is 0 Å². The molecule has 1 saturated heterocycles. The Balaban J connectivity index is 1.72. The maximum Gasteiger partial charge on any atom is 0.237 e. The van der Waals surface area contributed by atoms with Crippen molar-refractivity contribution in [3.05, 3.63) is 29.8 Å². The van der Waals surface area contributed by atoms with Crippen LogP contribution in [0, 0.1) is 0 Å². The molecule has 2 rings (SSSR count). The van der Waals surface area contributed by atoms with Crippen LogP contribution in [-0.4, -0.2) is 56.8 Å². The smallest absolute Gasteiger partial charge is 0.237 e. The largest absolute Gasteiger partial charge is 0.497 e. The second-order valence-electron chi connectivity index (χ2n) is 5.21. The van der Waals surface area contributed by atoms with Crippen LogP contribution in [0.3, 0.4) is 0 Å². The number of hydrogen-bond donors (Lipinski definition) is 1. The van der Waals surface area contributed by atoms with E-state index in [9.17, 15) is 4.79 Å². The molecule has 0 aromatic heterocycles. The third kappa shape index (κ3) is 4.72. The summed E-state index contributed by atoms with van der Waals surface area (Å²) in [7, 11) is 1.66. The Hall–Kier alpha value is -1.59. The topological polar surface area (TPSA) is 50.8 Å². The first-order valence-electron chi connectivity index (χ1n) is 7.43. The van der Waals surface area contributed by atoms with Crippen LogP contribution in [0.2, 0.25) is 0 Å². The Bertz CT molecular complexity index is 441. The molecule has 0 bridgehead atoms. The lowest BCUT2D eigenvalue weighted by Crippen LogP contribution is -2.49. The first-order chi connectivity index (χ1) is 10.2. The maximum atomic E-state index is 12.1. The number of amides is 1. The zero-order chi connectivity index (χ0) is 15.1. The Kier molecular flexibility index (Phi) is 6.02. The number of carbonyl (C=O) groups is 1. The monoisotopic (exact) mass is 292 g/mol. The van der Waals surface area contributed by atoms with Crippen LogP contribution in [0.1, 0.15) is 12.5 Å². The quantitative estimate of drug-likeness (QED) is 0.852. The summed E-state index contributed by atoms with van der Waals surface area (Å²) < 4.78 is 10.4. The average Bonchev–Trinajstić information content (AvgIpc) is 2.55. The summed E-state index contributed by atoms with van der Waals surface area (Å²) in [5.41, 5.74) is 1.19. The van der Waals surface area contributed by atoms with Crippen molar-refractivity contribution in [1.29, 1.82) is 0 Å². The molecular weight excluding hydrogens is 268 g/mol. The van der Waals surface area contributed by atoms with Gasteiger partial charge in [-0.3, -0.25) is 9.69 Å². The molecular formula is C16H24N2O3. The van der Waals surface area contributed by atoms with Crippen molar-refractivity contribution in [3.63, 3.8) is 0 Å². The molecule has 1 aliphatic rings. The highest BCUT2D eigenvalue weighted by Crippen LogP contribution is 2.11. The Morgan fingerprint density at radius 2 is 2.00 bits per heavy atom. The summed E-state index contributed by atoms with van der Waals surface area (Å²) in [6, 6.07) is 7.83. The Morgan fingerprint density at radius 3 is 2.62 bits per heavy atom. The van der Waals surface area contributed by atoms with Gasteiger partial charge in [0.25, 0.3) is 0 Å². The number of benzene rings is 1. The van der Waals surface area contributed by atoms with Crippen LogP contribution in [-0.2, 0) is 16.0 Å². The maximum absolute atomic E-state index is 12.1. The number of nitrogens with one attached hydrogen (secondary N) is 1. The minimum absolute atomic E-state index is 0.0883. The summed E-state index contributed by atoms with van der Waals surface area (Å²) in [4.78, 5) is 14.3. The highest BCUT2D eigenvalue weighted by Gasteiger charge is 2.22. The predicted octanol–water partition coefficient (Wildman–Crippen LogP) is 1.07. The van der Waals surface area contributed by atoms with Crippen LogP contribution in [0.15, 0.2) is 24.3 Å². The molecule has 0 spiro atoms. The van der Waals surface area contributed by atoms with Gasteiger partial charge in [0, 0.05) is 19.6 Å². The van der Waals surface area contributed by atoms with Gasteiger partial charge in [0.15, 0.2) is 0 Å². The third-order valence-corrected chi connectivity index (χ3v) is 3.84. The van der Waals surface area contributed by atoms with Gasteiger partial charge in [-0.05, 0) is 31.0 Å². The van der Waals surface area contributed by atoms with Gasteiger partial charge in [-0.2, -0.15) is 0 Å².